The minimum Gasteiger partial charge on any atom is -0.468 e. The van der Waals surface area contributed by atoms with Gasteiger partial charge in [0.15, 0.2) is 24.2 Å². The van der Waals surface area contributed by atoms with Gasteiger partial charge in [-0.25, -0.2) is 19.4 Å². The Bertz CT molecular complexity index is 898. The lowest BCUT2D eigenvalue weighted by Crippen LogP contribution is -2.44. The number of guanidine groups is 1. The van der Waals surface area contributed by atoms with Crippen molar-refractivity contribution in [2.45, 2.75) is 32.1 Å². The van der Waals surface area contributed by atoms with E-state index in [1.807, 2.05) is 11.8 Å². The Hall–Kier alpha value is -2.38. The van der Waals surface area contributed by atoms with Crippen molar-refractivity contribution in [1.29, 1.82) is 0 Å². The van der Waals surface area contributed by atoms with E-state index in [4.69, 9.17) is 4.74 Å². The summed E-state index contributed by atoms with van der Waals surface area (Å²) in [6.45, 7) is 2.36. The van der Waals surface area contributed by atoms with Crippen molar-refractivity contribution in [3.8, 4) is 5.88 Å². The van der Waals surface area contributed by atoms with Crippen molar-refractivity contribution in [3.63, 3.8) is 0 Å². The maximum absolute atomic E-state index is 14.0. The van der Waals surface area contributed by atoms with Gasteiger partial charge in [-0.15, -0.1) is 24.0 Å². The molecule has 0 bridgehead atoms. The van der Waals surface area contributed by atoms with Gasteiger partial charge in [-0.3, -0.25) is 0 Å². The molecule has 1 atom stereocenters. The van der Waals surface area contributed by atoms with Crippen molar-refractivity contribution in [2.24, 2.45) is 4.99 Å². The molecular weight excluding hydrogens is 543 g/mol. The molecule has 7 nitrogen and oxygen atoms in total. The van der Waals surface area contributed by atoms with E-state index in [9.17, 15) is 17.6 Å². The Morgan fingerprint density at radius 1 is 1.25 bits per heavy atom. The molecule has 0 aromatic carbocycles. The maximum Gasteiger partial charge on any atom is 0.422 e. The van der Waals surface area contributed by atoms with Crippen LogP contribution < -0.4 is 20.3 Å². The van der Waals surface area contributed by atoms with Crippen LogP contribution in [0.1, 0.15) is 18.9 Å². The summed E-state index contributed by atoms with van der Waals surface area (Å²) in [7, 11) is 0. The minimum atomic E-state index is -4.45. The molecule has 2 N–H and O–H groups in total. The van der Waals surface area contributed by atoms with Gasteiger partial charge in [-0.1, -0.05) is 6.07 Å². The normalized spacial score (nSPS) is 16.5. The van der Waals surface area contributed by atoms with Gasteiger partial charge in [0.05, 0.1) is 6.54 Å². The maximum atomic E-state index is 14.0. The van der Waals surface area contributed by atoms with Crippen LogP contribution in [0.4, 0.5) is 23.4 Å². The van der Waals surface area contributed by atoms with Gasteiger partial charge >= 0.3 is 6.18 Å². The molecule has 1 unspecified atom stereocenters. The van der Waals surface area contributed by atoms with E-state index in [1.54, 1.807) is 24.4 Å². The molecule has 1 aliphatic rings. The van der Waals surface area contributed by atoms with E-state index in [2.05, 4.69) is 25.6 Å². The zero-order chi connectivity index (χ0) is 22.3. The summed E-state index contributed by atoms with van der Waals surface area (Å²) in [4.78, 5) is 14.3. The van der Waals surface area contributed by atoms with Crippen LogP contribution in [0.15, 0.2) is 41.7 Å². The highest BCUT2D eigenvalue weighted by Crippen LogP contribution is 2.22. The second-order valence-corrected chi connectivity index (χ2v) is 6.95. The lowest BCUT2D eigenvalue weighted by atomic mass is 10.2. The summed E-state index contributed by atoms with van der Waals surface area (Å²) >= 11 is 0. The molecule has 0 spiro atoms. The number of rotatable bonds is 7. The van der Waals surface area contributed by atoms with Gasteiger partial charge in [-0.05, 0) is 31.5 Å². The summed E-state index contributed by atoms with van der Waals surface area (Å²) < 4.78 is 56.2. The molecule has 0 amide bonds. The first-order valence-corrected chi connectivity index (χ1v) is 9.89. The van der Waals surface area contributed by atoms with Crippen LogP contribution in [0.25, 0.3) is 0 Å². The fraction of sp³-hybridized carbons (Fsp3) is 0.450. The summed E-state index contributed by atoms with van der Waals surface area (Å²) in [6.07, 6.45) is -0.771. The third-order valence-corrected chi connectivity index (χ3v) is 4.54. The smallest absolute Gasteiger partial charge is 0.422 e. The lowest BCUT2D eigenvalue weighted by Gasteiger charge is -2.20. The summed E-state index contributed by atoms with van der Waals surface area (Å²) in [5, 5.41) is 6.40. The van der Waals surface area contributed by atoms with Gasteiger partial charge in [0.2, 0.25) is 5.88 Å². The molecule has 0 aliphatic carbocycles. The molecule has 2 aromatic rings. The number of ether oxygens (including phenoxy) is 1. The Morgan fingerprint density at radius 2 is 2.00 bits per heavy atom. The van der Waals surface area contributed by atoms with Gasteiger partial charge < -0.3 is 20.3 Å². The fourth-order valence-electron chi connectivity index (χ4n) is 3.18. The topological polar surface area (TPSA) is 74.7 Å². The van der Waals surface area contributed by atoms with Crippen LogP contribution in [-0.2, 0) is 6.54 Å². The number of nitrogens with zero attached hydrogens (tertiary/aromatic N) is 4. The molecule has 12 heteroatoms. The van der Waals surface area contributed by atoms with Gasteiger partial charge in [0.25, 0.3) is 0 Å². The van der Waals surface area contributed by atoms with Gasteiger partial charge in [0.1, 0.15) is 0 Å². The Kier molecular flexibility index (Phi) is 9.72. The van der Waals surface area contributed by atoms with E-state index in [0.29, 0.717) is 37.0 Å². The first kappa shape index (κ1) is 25.9. The quantitative estimate of drug-likeness (QED) is 0.231. The first-order chi connectivity index (χ1) is 14.9. The van der Waals surface area contributed by atoms with Crippen LogP contribution in [0.3, 0.4) is 0 Å². The molecule has 176 valence electrons. The molecule has 0 radical (unpaired) electrons. The molecule has 1 fully saturated rings. The highest BCUT2D eigenvalue weighted by atomic mass is 127. The number of hydrogen-bond donors (Lipinski definition) is 2. The van der Waals surface area contributed by atoms with Crippen LogP contribution in [-0.4, -0.2) is 54.4 Å². The number of aliphatic imine (C=N–C) groups is 1. The van der Waals surface area contributed by atoms with E-state index in [-0.39, 0.29) is 48.3 Å². The van der Waals surface area contributed by atoms with E-state index in [1.165, 1.54) is 12.3 Å². The molecule has 3 rings (SSSR count). The van der Waals surface area contributed by atoms with Crippen LogP contribution in [0.2, 0.25) is 0 Å². The Balaban J connectivity index is 0.00000363. The summed E-state index contributed by atoms with van der Waals surface area (Å²) in [5.41, 5.74) is 0.438. The average Bonchev–Trinajstić information content (AvgIpc) is 3.19. The molecule has 32 heavy (non-hydrogen) atoms. The molecule has 3 heterocycles. The number of pyridine rings is 2. The van der Waals surface area contributed by atoms with E-state index in [0.717, 1.165) is 6.42 Å². The zero-order valence-electron chi connectivity index (χ0n) is 17.4. The molecule has 1 aliphatic heterocycles. The summed E-state index contributed by atoms with van der Waals surface area (Å²) in [6, 6.07) is 6.16. The molecular formula is C20H25F4IN6O. The highest BCUT2D eigenvalue weighted by molar-refractivity contribution is 14.0. The monoisotopic (exact) mass is 568 g/mol. The number of nitrogens with one attached hydrogen (secondary N) is 2. The van der Waals surface area contributed by atoms with E-state index < -0.39 is 12.8 Å². The third-order valence-electron chi connectivity index (χ3n) is 4.54. The number of alkyl halides is 3. The van der Waals surface area contributed by atoms with Crippen molar-refractivity contribution >= 4 is 35.8 Å². The third kappa shape index (κ3) is 7.64. The second-order valence-electron chi connectivity index (χ2n) is 6.95. The SMILES string of the molecule is CCNC(=NCc1cccnc1OCC(F)(F)F)NC1CCN(c2ncccc2F)C1.I. The van der Waals surface area contributed by atoms with Crippen molar-refractivity contribution < 1.29 is 22.3 Å². The highest BCUT2D eigenvalue weighted by Gasteiger charge is 2.29. The Morgan fingerprint density at radius 3 is 2.72 bits per heavy atom. The van der Waals surface area contributed by atoms with Gasteiger partial charge in [0, 0.05) is 43.6 Å². The van der Waals surface area contributed by atoms with Crippen molar-refractivity contribution in [2.75, 3.05) is 31.1 Å². The lowest BCUT2D eigenvalue weighted by molar-refractivity contribution is -0.154. The Labute approximate surface area is 200 Å². The molecule has 1 saturated heterocycles. The number of anilines is 1. The predicted octanol–water partition coefficient (Wildman–Crippen LogP) is 3.51. The van der Waals surface area contributed by atoms with Crippen LogP contribution in [0.5, 0.6) is 5.88 Å². The van der Waals surface area contributed by atoms with Gasteiger partial charge in [-0.2, -0.15) is 13.2 Å². The first-order valence-electron chi connectivity index (χ1n) is 9.89. The minimum absolute atomic E-state index is 0. The molecule has 2 aromatic heterocycles. The van der Waals surface area contributed by atoms with E-state index >= 15 is 0 Å². The number of hydrogen-bond acceptors (Lipinski definition) is 5. The predicted molar refractivity (Wildman–Crippen MR) is 124 cm³/mol. The average molecular weight is 568 g/mol. The van der Waals surface area contributed by atoms with Crippen LogP contribution in [0, 0.1) is 5.82 Å². The molecule has 0 saturated carbocycles. The van der Waals surface area contributed by atoms with Crippen molar-refractivity contribution in [1.82, 2.24) is 20.6 Å². The van der Waals surface area contributed by atoms with Crippen molar-refractivity contribution in [3.05, 3.63) is 48.0 Å². The standard InChI is InChI=1S/C20H24F4N6O.HI/c1-2-25-19(28-11-14-5-3-9-27-18(14)31-13-20(22,23)24)29-15-7-10-30(12-15)17-16(21)6-4-8-26-17;/h3-6,8-9,15H,2,7,10-13H2,1H3,(H2,25,28,29);1H. The zero-order valence-corrected chi connectivity index (χ0v) is 19.7. The largest absolute Gasteiger partial charge is 0.468 e. The second kappa shape index (κ2) is 12.0. The number of halogens is 5. The summed E-state index contributed by atoms with van der Waals surface area (Å²) in [5.74, 6) is 0.348. The fourth-order valence-corrected chi connectivity index (χ4v) is 3.18. The number of aromatic nitrogens is 2. The van der Waals surface area contributed by atoms with Crippen LogP contribution >= 0.6 is 24.0 Å².